The summed E-state index contributed by atoms with van der Waals surface area (Å²) in [6.45, 7) is 4.56. The van der Waals surface area contributed by atoms with Crippen LogP contribution in [0.3, 0.4) is 0 Å². The summed E-state index contributed by atoms with van der Waals surface area (Å²) in [5.74, 6) is 0.712. The lowest BCUT2D eigenvalue weighted by Crippen LogP contribution is -2.38. The Kier molecular flexibility index (Phi) is 4.95. The summed E-state index contributed by atoms with van der Waals surface area (Å²) in [6.07, 6.45) is 2.67. The zero-order valence-corrected chi connectivity index (χ0v) is 13.2. The molecular weight excluding hydrogens is 318 g/mol. The molecule has 2 N–H and O–H groups in total. The number of halogens is 1. The van der Waals surface area contributed by atoms with Crippen LogP contribution in [-0.2, 0) is 4.79 Å². The van der Waals surface area contributed by atoms with Gasteiger partial charge in [-0.3, -0.25) is 4.79 Å². The van der Waals surface area contributed by atoms with Crippen molar-refractivity contribution in [3.63, 3.8) is 0 Å². The molecule has 4 nitrogen and oxygen atoms in total. The van der Waals surface area contributed by atoms with E-state index in [-0.39, 0.29) is 11.9 Å². The number of pyridine rings is 1. The average molecular weight is 336 g/mol. The number of carbonyl (C=O) groups is 1. The van der Waals surface area contributed by atoms with Crippen molar-refractivity contribution in [1.29, 1.82) is 0 Å². The third-order valence-corrected chi connectivity index (χ3v) is 3.74. The van der Waals surface area contributed by atoms with E-state index in [4.69, 9.17) is 0 Å². The van der Waals surface area contributed by atoms with Gasteiger partial charge in [-0.05, 0) is 25.5 Å². The van der Waals surface area contributed by atoms with Gasteiger partial charge in [0, 0.05) is 28.0 Å². The van der Waals surface area contributed by atoms with Gasteiger partial charge < -0.3 is 10.6 Å². The van der Waals surface area contributed by atoms with Gasteiger partial charge in [-0.1, -0.05) is 35.0 Å². The predicted octanol–water partition coefficient (Wildman–Crippen LogP) is 3.32. The van der Waals surface area contributed by atoms with E-state index in [0.717, 1.165) is 27.5 Å². The molecule has 0 bridgehead atoms. The number of amides is 1. The number of hydrogen-bond donors (Lipinski definition) is 2. The van der Waals surface area contributed by atoms with Crippen molar-refractivity contribution in [2.45, 2.75) is 26.3 Å². The molecular formula is C15H18BrN3O. The van der Waals surface area contributed by atoms with Gasteiger partial charge in [0.05, 0.1) is 0 Å². The van der Waals surface area contributed by atoms with Crippen LogP contribution in [0.25, 0.3) is 10.8 Å². The van der Waals surface area contributed by atoms with E-state index < -0.39 is 0 Å². The molecule has 0 aliphatic carbocycles. The van der Waals surface area contributed by atoms with Gasteiger partial charge in [-0.25, -0.2) is 4.98 Å². The van der Waals surface area contributed by atoms with Crippen molar-refractivity contribution in [2.24, 2.45) is 0 Å². The molecule has 1 atom stereocenters. The smallest absolute Gasteiger partial charge is 0.242 e. The van der Waals surface area contributed by atoms with E-state index in [1.54, 1.807) is 6.20 Å². The normalized spacial score (nSPS) is 12.2. The molecule has 0 radical (unpaired) electrons. The Hall–Kier alpha value is -1.62. The maximum atomic E-state index is 11.9. The maximum Gasteiger partial charge on any atom is 0.242 e. The van der Waals surface area contributed by atoms with Crippen molar-refractivity contribution in [3.05, 3.63) is 34.9 Å². The second-order valence-corrected chi connectivity index (χ2v) is 5.51. The predicted molar refractivity (Wildman–Crippen MR) is 85.8 cm³/mol. The van der Waals surface area contributed by atoms with Gasteiger partial charge in [-0.15, -0.1) is 0 Å². The number of hydrogen-bond acceptors (Lipinski definition) is 3. The largest absolute Gasteiger partial charge is 0.358 e. The molecule has 2 aromatic rings. The number of fused-ring (bicyclic) bond motifs is 1. The molecule has 2 rings (SSSR count). The molecule has 20 heavy (non-hydrogen) atoms. The van der Waals surface area contributed by atoms with E-state index in [1.807, 2.05) is 38.1 Å². The Morgan fingerprint density at radius 1 is 1.35 bits per heavy atom. The highest BCUT2D eigenvalue weighted by molar-refractivity contribution is 9.10. The average Bonchev–Trinajstić information content (AvgIpc) is 2.45. The summed E-state index contributed by atoms with van der Waals surface area (Å²) in [4.78, 5) is 16.2. The number of rotatable bonds is 5. The first-order valence-corrected chi connectivity index (χ1v) is 7.50. The molecule has 5 heteroatoms. The molecule has 106 valence electrons. The van der Waals surface area contributed by atoms with Crippen LogP contribution in [0.2, 0.25) is 0 Å². The van der Waals surface area contributed by atoms with Crippen molar-refractivity contribution >= 4 is 38.4 Å². The van der Waals surface area contributed by atoms with Crippen LogP contribution in [0.1, 0.15) is 20.3 Å². The van der Waals surface area contributed by atoms with E-state index in [2.05, 4.69) is 31.5 Å². The second-order valence-electron chi connectivity index (χ2n) is 4.65. The molecule has 0 aliphatic heterocycles. The number of nitrogens with zero attached hydrogens (tertiary/aromatic N) is 1. The van der Waals surface area contributed by atoms with Gasteiger partial charge in [-0.2, -0.15) is 0 Å². The highest BCUT2D eigenvalue weighted by atomic mass is 79.9. The fraction of sp³-hybridized carbons (Fsp3) is 0.333. The van der Waals surface area contributed by atoms with Crippen LogP contribution in [-0.4, -0.2) is 23.5 Å². The monoisotopic (exact) mass is 335 g/mol. The van der Waals surface area contributed by atoms with Crippen molar-refractivity contribution in [3.8, 4) is 0 Å². The topological polar surface area (TPSA) is 54.0 Å². The number of aromatic nitrogens is 1. The summed E-state index contributed by atoms with van der Waals surface area (Å²) >= 11 is 3.53. The summed E-state index contributed by atoms with van der Waals surface area (Å²) < 4.78 is 1.02. The van der Waals surface area contributed by atoms with Crippen molar-refractivity contribution in [1.82, 2.24) is 10.3 Å². The zero-order valence-electron chi connectivity index (χ0n) is 11.6. The van der Waals surface area contributed by atoms with Crippen LogP contribution in [0.5, 0.6) is 0 Å². The minimum Gasteiger partial charge on any atom is -0.358 e. The molecule has 0 aliphatic rings. The Labute approximate surface area is 127 Å². The van der Waals surface area contributed by atoms with Gasteiger partial charge in [0.1, 0.15) is 11.9 Å². The van der Waals surface area contributed by atoms with E-state index in [9.17, 15) is 4.79 Å². The lowest BCUT2D eigenvalue weighted by Gasteiger charge is -2.16. The van der Waals surface area contributed by atoms with Gasteiger partial charge in [0.25, 0.3) is 0 Å². The van der Waals surface area contributed by atoms with Crippen molar-refractivity contribution in [2.75, 3.05) is 11.9 Å². The summed E-state index contributed by atoms with van der Waals surface area (Å²) in [6, 6.07) is 7.57. The Bertz CT molecular complexity index is 615. The fourth-order valence-electron chi connectivity index (χ4n) is 1.96. The standard InChI is InChI=1S/C15H18BrN3O/c1-3-8-18-15(20)10(2)19-14-12-5-4-6-13(16)11(12)7-9-17-14/h4-7,9-10H,3,8H2,1-2H3,(H,17,19)(H,18,20). The fourth-order valence-corrected chi connectivity index (χ4v) is 2.45. The number of carbonyl (C=O) groups excluding carboxylic acids is 1. The molecule has 1 heterocycles. The highest BCUT2D eigenvalue weighted by Crippen LogP contribution is 2.27. The third kappa shape index (κ3) is 3.28. The molecule has 1 unspecified atom stereocenters. The van der Waals surface area contributed by atoms with Crippen molar-refractivity contribution < 1.29 is 4.79 Å². The second kappa shape index (κ2) is 6.70. The molecule has 1 aromatic heterocycles. The van der Waals surface area contributed by atoms with Crippen LogP contribution < -0.4 is 10.6 Å². The Balaban J connectivity index is 2.21. The molecule has 0 spiro atoms. The Morgan fingerprint density at radius 2 is 2.15 bits per heavy atom. The quantitative estimate of drug-likeness (QED) is 0.881. The van der Waals surface area contributed by atoms with E-state index in [0.29, 0.717) is 6.54 Å². The molecule has 0 saturated heterocycles. The van der Waals surface area contributed by atoms with Crippen LogP contribution in [0, 0.1) is 0 Å². The summed E-state index contributed by atoms with van der Waals surface area (Å²) in [5, 5.41) is 8.12. The first-order chi connectivity index (χ1) is 9.63. The minimum atomic E-state index is -0.321. The third-order valence-electron chi connectivity index (χ3n) is 3.05. The molecule has 1 aromatic carbocycles. The molecule has 0 fully saturated rings. The number of anilines is 1. The first kappa shape index (κ1) is 14.8. The SMILES string of the molecule is CCCNC(=O)C(C)Nc1nccc2c(Br)cccc12. The summed E-state index contributed by atoms with van der Waals surface area (Å²) in [7, 11) is 0. The zero-order chi connectivity index (χ0) is 14.5. The minimum absolute atomic E-state index is 0.0133. The van der Waals surface area contributed by atoms with Crippen LogP contribution in [0.4, 0.5) is 5.82 Å². The van der Waals surface area contributed by atoms with E-state index >= 15 is 0 Å². The number of nitrogens with one attached hydrogen (secondary N) is 2. The van der Waals surface area contributed by atoms with Gasteiger partial charge in [0.2, 0.25) is 5.91 Å². The highest BCUT2D eigenvalue weighted by Gasteiger charge is 2.14. The summed E-state index contributed by atoms with van der Waals surface area (Å²) in [5.41, 5.74) is 0. The van der Waals surface area contributed by atoms with Crippen LogP contribution >= 0.6 is 15.9 Å². The van der Waals surface area contributed by atoms with E-state index in [1.165, 1.54) is 0 Å². The maximum absolute atomic E-state index is 11.9. The first-order valence-electron chi connectivity index (χ1n) is 6.71. The molecule has 1 amide bonds. The lowest BCUT2D eigenvalue weighted by atomic mass is 10.1. The van der Waals surface area contributed by atoms with Crippen LogP contribution in [0.15, 0.2) is 34.9 Å². The molecule has 0 saturated carbocycles. The lowest BCUT2D eigenvalue weighted by molar-refractivity contribution is -0.121. The Morgan fingerprint density at radius 3 is 2.90 bits per heavy atom. The number of benzene rings is 1. The van der Waals surface area contributed by atoms with Gasteiger partial charge in [0.15, 0.2) is 0 Å². The van der Waals surface area contributed by atoms with Gasteiger partial charge >= 0.3 is 0 Å².